The van der Waals surface area contributed by atoms with Gasteiger partial charge in [0.05, 0.1) is 11.1 Å². The fourth-order valence-electron chi connectivity index (χ4n) is 2.24. The Labute approximate surface area is 133 Å². The van der Waals surface area contributed by atoms with Gasteiger partial charge in [-0.15, -0.1) is 0 Å². The number of anilines is 1. The van der Waals surface area contributed by atoms with E-state index in [4.69, 9.17) is 0 Å². The number of aromatic nitrogens is 2. The molecule has 0 aliphatic rings. The average Bonchev–Trinajstić information content (AvgIpc) is 2.53. The molecule has 1 aromatic heterocycles. The zero-order valence-electron chi connectivity index (χ0n) is 12.0. The van der Waals surface area contributed by atoms with Gasteiger partial charge in [-0.3, -0.25) is 4.79 Å². The Balaban J connectivity index is 1.98. The fourth-order valence-corrected chi connectivity index (χ4v) is 2.24. The van der Waals surface area contributed by atoms with Crippen LogP contribution in [0.1, 0.15) is 16.1 Å². The quantitative estimate of drug-likeness (QED) is 0.756. The highest BCUT2D eigenvalue weighted by atomic mass is 19.4. The van der Waals surface area contributed by atoms with Crippen LogP contribution in [0.2, 0.25) is 0 Å². The van der Waals surface area contributed by atoms with Crippen LogP contribution in [0.4, 0.5) is 18.9 Å². The topological polar surface area (TPSA) is 74.8 Å². The molecule has 5 nitrogen and oxygen atoms in total. The van der Waals surface area contributed by atoms with Gasteiger partial charge < -0.3 is 10.3 Å². The minimum atomic E-state index is -4.52. The van der Waals surface area contributed by atoms with Gasteiger partial charge in [0.25, 0.3) is 5.91 Å². The molecular weight excluding hydrogens is 323 g/mol. The number of hydrogen-bond donors (Lipinski definition) is 2. The van der Waals surface area contributed by atoms with Crippen molar-refractivity contribution < 1.29 is 18.0 Å². The molecule has 3 rings (SSSR count). The zero-order valence-corrected chi connectivity index (χ0v) is 12.0. The Hall–Kier alpha value is -3.16. The van der Waals surface area contributed by atoms with Crippen LogP contribution in [-0.2, 0) is 6.18 Å². The van der Waals surface area contributed by atoms with Crippen LogP contribution in [0.5, 0.6) is 0 Å². The molecule has 8 heteroatoms. The third kappa shape index (κ3) is 3.12. The van der Waals surface area contributed by atoms with E-state index in [1.165, 1.54) is 12.1 Å². The minimum Gasteiger partial charge on any atom is -0.321 e. The van der Waals surface area contributed by atoms with Crippen LogP contribution in [0.15, 0.2) is 53.3 Å². The summed E-state index contributed by atoms with van der Waals surface area (Å²) in [6.45, 7) is 0. The number of fused-ring (bicyclic) bond motifs is 1. The van der Waals surface area contributed by atoms with Crippen LogP contribution >= 0.6 is 0 Å². The number of halogens is 3. The van der Waals surface area contributed by atoms with E-state index in [-0.39, 0.29) is 11.4 Å². The fraction of sp³-hybridized carbons (Fsp3) is 0.0625. The Morgan fingerprint density at radius 2 is 1.83 bits per heavy atom. The van der Waals surface area contributed by atoms with Crippen LogP contribution < -0.4 is 11.0 Å². The first-order valence-corrected chi connectivity index (χ1v) is 6.82. The van der Waals surface area contributed by atoms with Crippen molar-refractivity contribution in [2.75, 3.05) is 5.32 Å². The summed E-state index contributed by atoms with van der Waals surface area (Å²) in [5, 5.41) is 2.73. The zero-order chi connectivity index (χ0) is 17.3. The van der Waals surface area contributed by atoms with Crippen LogP contribution in [0.25, 0.3) is 10.9 Å². The number of rotatable bonds is 2. The number of carbonyl (C=O) groups is 1. The van der Waals surface area contributed by atoms with Gasteiger partial charge in [-0.05, 0) is 24.3 Å². The number of amides is 1. The van der Waals surface area contributed by atoms with Gasteiger partial charge in [-0.1, -0.05) is 24.3 Å². The molecule has 0 saturated carbocycles. The molecule has 0 radical (unpaired) electrons. The van der Waals surface area contributed by atoms with E-state index in [0.717, 1.165) is 12.1 Å². The van der Waals surface area contributed by atoms with E-state index < -0.39 is 23.3 Å². The Kier molecular flexibility index (Phi) is 3.80. The predicted molar refractivity (Wildman–Crippen MR) is 81.8 cm³/mol. The first-order chi connectivity index (χ1) is 11.3. The van der Waals surface area contributed by atoms with Crippen molar-refractivity contribution in [1.29, 1.82) is 0 Å². The van der Waals surface area contributed by atoms with Crippen LogP contribution in [0.3, 0.4) is 0 Å². The van der Waals surface area contributed by atoms with Gasteiger partial charge in [0.1, 0.15) is 5.69 Å². The third-order valence-electron chi connectivity index (χ3n) is 3.30. The van der Waals surface area contributed by atoms with Gasteiger partial charge in [0.2, 0.25) is 0 Å². The monoisotopic (exact) mass is 333 g/mol. The smallest absolute Gasteiger partial charge is 0.321 e. The van der Waals surface area contributed by atoms with Crippen molar-refractivity contribution in [3.63, 3.8) is 0 Å². The molecule has 0 fully saturated rings. The van der Waals surface area contributed by atoms with E-state index >= 15 is 0 Å². The third-order valence-corrected chi connectivity index (χ3v) is 3.30. The Morgan fingerprint density at radius 3 is 2.58 bits per heavy atom. The number of nitrogens with zero attached hydrogens (tertiary/aromatic N) is 1. The number of benzene rings is 2. The molecule has 122 valence electrons. The minimum absolute atomic E-state index is 0.0408. The lowest BCUT2D eigenvalue weighted by molar-refractivity contribution is -0.137. The maximum atomic E-state index is 12.7. The molecule has 3 aromatic rings. The standard InChI is InChI=1S/C16H10F3N3O2/c17-16(18,19)9-4-3-5-10(8-9)20-14(23)13-11-6-1-2-7-12(11)21-15(24)22-13/h1-8H,(H,20,23)(H,21,22,24). The van der Waals surface area contributed by atoms with Crippen molar-refractivity contribution in [3.05, 3.63) is 70.3 Å². The van der Waals surface area contributed by atoms with E-state index in [0.29, 0.717) is 10.9 Å². The predicted octanol–water partition coefficient (Wildman–Crippen LogP) is 3.19. The second-order valence-electron chi connectivity index (χ2n) is 4.97. The highest BCUT2D eigenvalue weighted by Gasteiger charge is 2.30. The lowest BCUT2D eigenvalue weighted by Gasteiger charge is -2.10. The molecule has 0 unspecified atom stereocenters. The number of carbonyl (C=O) groups excluding carboxylic acids is 1. The maximum Gasteiger partial charge on any atom is 0.416 e. The summed E-state index contributed by atoms with van der Waals surface area (Å²) >= 11 is 0. The first-order valence-electron chi connectivity index (χ1n) is 6.82. The number of aromatic amines is 1. The molecule has 2 aromatic carbocycles. The Bertz CT molecular complexity index is 980. The van der Waals surface area contributed by atoms with Gasteiger partial charge in [-0.2, -0.15) is 18.2 Å². The molecule has 24 heavy (non-hydrogen) atoms. The van der Waals surface area contributed by atoms with Gasteiger partial charge in [0.15, 0.2) is 0 Å². The summed E-state index contributed by atoms with van der Waals surface area (Å²) in [7, 11) is 0. The molecule has 0 spiro atoms. The summed E-state index contributed by atoms with van der Waals surface area (Å²) in [5.74, 6) is -0.767. The number of para-hydroxylation sites is 1. The molecular formula is C16H10F3N3O2. The number of hydrogen-bond acceptors (Lipinski definition) is 3. The van der Waals surface area contributed by atoms with E-state index in [1.54, 1.807) is 24.3 Å². The van der Waals surface area contributed by atoms with Crippen molar-refractivity contribution in [2.24, 2.45) is 0 Å². The van der Waals surface area contributed by atoms with Crippen molar-refractivity contribution in [3.8, 4) is 0 Å². The van der Waals surface area contributed by atoms with Gasteiger partial charge >= 0.3 is 11.9 Å². The van der Waals surface area contributed by atoms with Crippen LogP contribution in [-0.4, -0.2) is 15.9 Å². The molecule has 0 aliphatic carbocycles. The molecule has 1 amide bonds. The lowest BCUT2D eigenvalue weighted by atomic mass is 10.1. The van der Waals surface area contributed by atoms with E-state index in [2.05, 4.69) is 15.3 Å². The summed E-state index contributed by atoms with van der Waals surface area (Å²) < 4.78 is 38.2. The summed E-state index contributed by atoms with van der Waals surface area (Å²) in [4.78, 5) is 30.0. The maximum absolute atomic E-state index is 12.7. The van der Waals surface area contributed by atoms with Crippen molar-refractivity contribution in [2.45, 2.75) is 6.18 Å². The van der Waals surface area contributed by atoms with Gasteiger partial charge in [0, 0.05) is 11.1 Å². The van der Waals surface area contributed by atoms with Gasteiger partial charge in [-0.25, -0.2) is 4.79 Å². The first kappa shape index (κ1) is 15.7. The number of alkyl halides is 3. The molecule has 0 bridgehead atoms. The summed E-state index contributed by atoms with van der Waals surface area (Å²) in [6.07, 6.45) is -4.52. The highest BCUT2D eigenvalue weighted by Crippen LogP contribution is 2.30. The molecule has 1 heterocycles. The highest BCUT2D eigenvalue weighted by molar-refractivity contribution is 6.10. The SMILES string of the molecule is O=C(Nc1cccc(C(F)(F)F)c1)c1nc(=O)[nH]c2ccccc12. The molecule has 0 atom stereocenters. The Morgan fingerprint density at radius 1 is 1.08 bits per heavy atom. The summed E-state index contributed by atoms with van der Waals surface area (Å²) in [5.41, 5.74) is -1.40. The normalized spacial score (nSPS) is 11.5. The van der Waals surface area contributed by atoms with E-state index in [1.807, 2.05) is 0 Å². The number of H-pyrrole nitrogens is 1. The lowest BCUT2D eigenvalue weighted by Crippen LogP contribution is -2.21. The summed E-state index contributed by atoms with van der Waals surface area (Å²) in [6, 6.07) is 10.7. The van der Waals surface area contributed by atoms with Crippen molar-refractivity contribution >= 4 is 22.5 Å². The molecule has 2 N–H and O–H groups in total. The number of nitrogens with one attached hydrogen (secondary N) is 2. The average molecular weight is 333 g/mol. The largest absolute Gasteiger partial charge is 0.416 e. The van der Waals surface area contributed by atoms with Crippen molar-refractivity contribution in [1.82, 2.24) is 9.97 Å². The van der Waals surface area contributed by atoms with Crippen LogP contribution in [0, 0.1) is 0 Å². The second kappa shape index (κ2) is 5.80. The second-order valence-corrected chi connectivity index (χ2v) is 4.97. The molecule has 0 saturated heterocycles. The van der Waals surface area contributed by atoms with E-state index in [9.17, 15) is 22.8 Å². The molecule has 0 aliphatic heterocycles.